The fourth-order valence-electron chi connectivity index (χ4n) is 2.65. The van der Waals surface area contributed by atoms with E-state index in [1.165, 1.54) is 23.6 Å². The van der Waals surface area contributed by atoms with Crippen LogP contribution in [-0.2, 0) is 13.0 Å². The van der Waals surface area contributed by atoms with Gasteiger partial charge >= 0.3 is 0 Å². The number of nitrogens with one attached hydrogen (secondary N) is 1. The minimum absolute atomic E-state index is 0.513. The molecule has 0 aliphatic carbocycles. The first-order valence-electron chi connectivity index (χ1n) is 6.64. The molecule has 1 aromatic rings. The van der Waals surface area contributed by atoms with Gasteiger partial charge < -0.3 is 5.32 Å². The predicted molar refractivity (Wildman–Crippen MR) is 79.6 cm³/mol. The summed E-state index contributed by atoms with van der Waals surface area (Å²) in [7, 11) is 2.06. The summed E-state index contributed by atoms with van der Waals surface area (Å²) in [4.78, 5) is 0. The third kappa shape index (κ3) is 2.86. The second-order valence-corrected chi connectivity index (χ2v) is 6.41. The topological polar surface area (TPSA) is 29.9 Å². The summed E-state index contributed by atoms with van der Waals surface area (Å²) >= 11 is 8.44. The number of aromatic nitrogens is 2. The summed E-state index contributed by atoms with van der Waals surface area (Å²) in [5.74, 6) is 3.32. The lowest BCUT2D eigenvalue weighted by Crippen LogP contribution is -2.36. The van der Waals surface area contributed by atoms with Gasteiger partial charge in [-0.1, -0.05) is 11.6 Å². The lowest BCUT2D eigenvalue weighted by molar-refractivity contribution is 0.394. The predicted octanol–water partition coefficient (Wildman–Crippen LogP) is 2.75. The quantitative estimate of drug-likeness (QED) is 0.903. The summed E-state index contributed by atoms with van der Waals surface area (Å²) in [6, 6.07) is 0.513. The first kappa shape index (κ1) is 14.2. The van der Waals surface area contributed by atoms with Crippen LogP contribution < -0.4 is 5.32 Å². The van der Waals surface area contributed by atoms with Crippen LogP contribution in [-0.4, -0.2) is 34.4 Å². The Morgan fingerprint density at radius 3 is 2.94 bits per heavy atom. The van der Waals surface area contributed by atoms with Crippen molar-refractivity contribution in [2.45, 2.75) is 39.3 Å². The molecule has 0 bridgehead atoms. The molecule has 1 fully saturated rings. The molecule has 102 valence electrons. The number of nitrogens with zero attached hydrogens (tertiary/aromatic N) is 2. The maximum absolute atomic E-state index is 6.38. The Kier molecular flexibility index (Phi) is 4.98. The summed E-state index contributed by atoms with van der Waals surface area (Å²) in [6.07, 6.45) is 2.29. The Morgan fingerprint density at radius 2 is 2.39 bits per heavy atom. The Balaban J connectivity index is 2.15. The molecule has 1 aliphatic rings. The minimum atomic E-state index is 0.513. The second-order valence-electron chi connectivity index (χ2n) is 4.88. The standard InChI is InChI=1S/C13H22ClN3S/c1-4-17-12(13(14)9(2)16-17)7-11(15-3)10-5-6-18-8-10/h10-11,15H,4-8H2,1-3H3. The lowest BCUT2D eigenvalue weighted by atomic mass is 9.95. The van der Waals surface area contributed by atoms with Gasteiger partial charge in [-0.3, -0.25) is 4.68 Å². The van der Waals surface area contributed by atoms with Crippen LogP contribution in [0.1, 0.15) is 24.7 Å². The monoisotopic (exact) mass is 287 g/mol. The maximum atomic E-state index is 6.38. The maximum Gasteiger partial charge on any atom is 0.0847 e. The summed E-state index contributed by atoms with van der Waals surface area (Å²) in [6.45, 7) is 4.99. The highest BCUT2D eigenvalue weighted by Gasteiger charge is 2.26. The van der Waals surface area contributed by atoms with E-state index < -0.39 is 0 Å². The van der Waals surface area contributed by atoms with Crippen LogP contribution in [0.5, 0.6) is 0 Å². The van der Waals surface area contributed by atoms with Crippen LogP contribution in [0, 0.1) is 12.8 Å². The van der Waals surface area contributed by atoms with Gasteiger partial charge in [-0.2, -0.15) is 16.9 Å². The third-order valence-electron chi connectivity index (χ3n) is 3.77. The van der Waals surface area contributed by atoms with Crippen molar-refractivity contribution in [1.82, 2.24) is 15.1 Å². The number of hydrogen-bond donors (Lipinski definition) is 1. The first-order chi connectivity index (χ1) is 8.67. The van der Waals surface area contributed by atoms with Gasteiger partial charge in [0.25, 0.3) is 0 Å². The van der Waals surface area contributed by atoms with Crippen LogP contribution in [0.2, 0.25) is 5.02 Å². The van der Waals surface area contributed by atoms with Gasteiger partial charge in [-0.15, -0.1) is 0 Å². The largest absolute Gasteiger partial charge is 0.316 e. The molecular formula is C13H22ClN3S. The van der Waals surface area contributed by atoms with Crippen molar-refractivity contribution < 1.29 is 0 Å². The van der Waals surface area contributed by atoms with Crippen molar-refractivity contribution >= 4 is 23.4 Å². The van der Waals surface area contributed by atoms with E-state index in [4.69, 9.17) is 11.6 Å². The molecule has 1 saturated heterocycles. The zero-order chi connectivity index (χ0) is 13.1. The molecule has 0 amide bonds. The number of hydrogen-bond acceptors (Lipinski definition) is 3. The van der Waals surface area contributed by atoms with Crippen LogP contribution in [0.25, 0.3) is 0 Å². The SMILES string of the molecule is CCn1nc(C)c(Cl)c1CC(NC)C1CCSC1. The smallest absolute Gasteiger partial charge is 0.0847 e. The van der Waals surface area contributed by atoms with E-state index in [9.17, 15) is 0 Å². The Morgan fingerprint density at radius 1 is 1.61 bits per heavy atom. The fraction of sp³-hybridized carbons (Fsp3) is 0.769. The molecule has 2 unspecified atom stereocenters. The van der Waals surface area contributed by atoms with Crippen LogP contribution in [0.3, 0.4) is 0 Å². The molecule has 2 rings (SSSR count). The van der Waals surface area contributed by atoms with Crippen LogP contribution in [0.15, 0.2) is 0 Å². The average Bonchev–Trinajstić information content (AvgIpc) is 2.98. The zero-order valence-electron chi connectivity index (χ0n) is 11.4. The van der Waals surface area contributed by atoms with Gasteiger partial charge in [0.15, 0.2) is 0 Å². The zero-order valence-corrected chi connectivity index (χ0v) is 12.9. The average molecular weight is 288 g/mol. The number of likely N-dealkylation sites (N-methyl/N-ethyl adjacent to an activating group) is 1. The molecule has 3 nitrogen and oxygen atoms in total. The van der Waals surface area contributed by atoms with Crippen molar-refractivity contribution in [2.24, 2.45) is 5.92 Å². The van der Waals surface area contributed by atoms with E-state index in [1.807, 2.05) is 11.6 Å². The van der Waals surface area contributed by atoms with E-state index in [-0.39, 0.29) is 0 Å². The van der Waals surface area contributed by atoms with E-state index in [1.54, 1.807) is 0 Å². The fourth-order valence-corrected chi connectivity index (χ4v) is 4.20. The highest BCUT2D eigenvalue weighted by molar-refractivity contribution is 7.99. The number of aryl methyl sites for hydroxylation is 2. The Bertz CT molecular complexity index is 399. The van der Waals surface area contributed by atoms with Gasteiger partial charge in [0, 0.05) is 19.0 Å². The third-order valence-corrected chi connectivity index (χ3v) is 5.45. The molecule has 1 aromatic heterocycles. The number of thioether (sulfide) groups is 1. The summed E-state index contributed by atoms with van der Waals surface area (Å²) in [5, 5.41) is 8.81. The van der Waals surface area contributed by atoms with E-state index >= 15 is 0 Å². The van der Waals surface area contributed by atoms with E-state index in [0.717, 1.165) is 29.6 Å². The molecule has 1 aliphatic heterocycles. The van der Waals surface area contributed by atoms with Gasteiger partial charge in [0.2, 0.25) is 0 Å². The Labute approximate surface area is 119 Å². The second kappa shape index (κ2) is 6.31. The molecule has 5 heteroatoms. The highest BCUT2D eigenvalue weighted by atomic mass is 35.5. The molecule has 2 atom stereocenters. The number of halogens is 1. The minimum Gasteiger partial charge on any atom is -0.316 e. The van der Waals surface area contributed by atoms with Gasteiger partial charge in [-0.25, -0.2) is 0 Å². The van der Waals surface area contributed by atoms with Gasteiger partial charge in [0.1, 0.15) is 0 Å². The molecule has 1 N–H and O–H groups in total. The van der Waals surface area contributed by atoms with E-state index in [0.29, 0.717) is 6.04 Å². The van der Waals surface area contributed by atoms with Crippen molar-refractivity contribution in [2.75, 3.05) is 18.6 Å². The molecule has 0 radical (unpaired) electrons. The molecule has 18 heavy (non-hydrogen) atoms. The summed E-state index contributed by atoms with van der Waals surface area (Å²) < 4.78 is 2.05. The van der Waals surface area contributed by atoms with Crippen molar-refractivity contribution in [3.05, 3.63) is 16.4 Å². The highest BCUT2D eigenvalue weighted by Crippen LogP contribution is 2.29. The van der Waals surface area contributed by atoms with Crippen LogP contribution in [0.4, 0.5) is 0 Å². The Hall–Kier alpha value is -0.190. The lowest BCUT2D eigenvalue weighted by Gasteiger charge is -2.22. The first-order valence-corrected chi connectivity index (χ1v) is 8.17. The van der Waals surface area contributed by atoms with Crippen molar-refractivity contribution in [3.63, 3.8) is 0 Å². The molecule has 0 aromatic carbocycles. The molecular weight excluding hydrogens is 266 g/mol. The molecule has 2 heterocycles. The van der Waals surface area contributed by atoms with Crippen molar-refractivity contribution in [1.29, 1.82) is 0 Å². The van der Waals surface area contributed by atoms with E-state index in [2.05, 4.69) is 36.1 Å². The molecule has 0 saturated carbocycles. The van der Waals surface area contributed by atoms with Gasteiger partial charge in [0.05, 0.1) is 16.4 Å². The number of rotatable bonds is 5. The van der Waals surface area contributed by atoms with Gasteiger partial charge in [-0.05, 0) is 44.7 Å². The van der Waals surface area contributed by atoms with Crippen LogP contribution >= 0.6 is 23.4 Å². The molecule has 0 spiro atoms. The normalized spacial score (nSPS) is 21.4. The van der Waals surface area contributed by atoms with Crippen molar-refractivity contribution in [3.8, 4) is 0 Å². The summed E-state index contributed by atoms with van der Waals surface area (Å²) in [5.41, 5.74) is 2.14.